The number of carbonyl (C=O) groups excluding carboxylic acids is 1. The number of morpholine rings is 1. The van der Waals surface area contributed by atoms with Crippen LogP contribution in [0, 0.1) is 0 Å². The summed E-state index contributed by atoms with van der Waals surface area (Å²) < 4.78 is 5.44. The maximum absolute atomic E-state index is 12.0. The van der Waals surface area contributed by atoms with Crippen molar-refractivity contribution in [1.29, 1.82) is 0 Å². The van der Waals surface area contributed by atoms with Gasteiger partial charge >= 0.3 is 0 Å². The Kier molecular flexibility index (Phi) is 6.84. The molecule has 0 spiro atoms. The highest BCUT2D eigenvalue weighted by Crippen LogP contribution is 2.40. The number of benzene rings is 1. The van der Waals surface area contributed by atoms with Crippen LogP contribution in [-0.4, -0.2) is 61.6 Å². The molecule has 6 heteroatoms. The standard InChI is InChI=1S/C20H28Cl2N2O2/c1-16(25)24-9-3-7-20(15-24,17-4-5-18(21)19(22)14-17)6-2-8-23-10-12-26-13-11-23/h4-5,14H,2-3,6-13,15H2,1H3. The number of hydrogen-bond acceptors (Lipinski definition) is 3. The minimum Gasteiger partial charge on any atom is -0.379 e. The number of ether oxygens (including phenoxy) is 1. The van der Waals surface area contributed by atoms with Gasteiger partial charge in [0.25, 0.3) is 0 Å². The Morgan fingerprint density at radius 3 is 2.65 bits per heavy atom. The van der Waals surface area contributed by atoms with Crippen LogP contribution in [0.3, 0.4) is 0 Å². The van der Waals surface area contributed by atoms with Gasteiger partial charge in [0, 0.05) is 38.5 Å². The van der Waals surface area contributed by atoms with Gasteiger partial charge < -0.3 is 9.64 Å². The van der Waals surface area contributed by atoms with Crippen molar-refractivity contribution in [1.82, 2.24) is 9.80 Å². The molecule has 0 bridgehead atoms. The maximum Gasteiger partial charge on any atom is 0.219 e. The van der Waals surface area contributed by atoms with Crippen molar-refractivity contribution in [3.63, 3.8) is 0 Å². The summed E-state index contributed by atoms with van der Waals surface area (Å²) in [5, 5.41) is 1.18. The second-order valence-corrected chi connectivity index (χ2v) is 8.33. The lowest BCUT2D eigenvalue weighted by atomic mass is 9.71. The molecule has 144 valence electrons. The molecule has 0 aromatic heterocycles. The molecule has 0 radical (unpaired) electrons. The molecule has 2 aliphatic heterocycles. The van der Waals surface area contributed by atoms with Gasteiger partial charge in [-0.1, -0.05) is 29.3 Å². The van der Waals surface area contributed by atoms with Gasteiger partial charge in [-0.05, 0) is 49.9 Å². The zero-order valence-corrected chi connectivity index (χ0v) is 17.0. The van der Waals surface area contributed by atoms with Crippen molar-refractivity contribution in [2.45, 2.75) is 38.0 Å². The van der Waals surface area contributed by atoms with E-state index in [1.807, 2.05) is 17.0 Å². The number of nitrogens with zero attached hydrogens (tertiary/aromatic N) is 2. The Balaban J connectivity index is 1.76. The minimum absolute atomic E-state index is 0.0373. The van der Waals surface area contributed by atoms with Gasteiger partial charge in [-0.2, -0.15) is 0 Å². The van der Waals surface area contributed by atoms with E-state index in [2.05, 4.69) is 11.0 Å². The summed E-state index contributed by atoms with van der Waals surface area (Å²) in [4.78, 5) is 16.5. The molecular formula is C20H28Cl2N2O2. The average molecular weight is 399 g/mol. The normalized spacial score (nSPS) is 24.7. The lowest BCUT2D eigenvalue weighted by Crippen LogP contribution is -2.48. The first-order valence-corrected chi connectivity index (χ1v) is 10.3. The van der Waals surface area contributed by atoms with Gasteiger partial charge in [-0.15, -0.1) is 0 Å². The van der Waals surface area contributed by atoms with Crippen molar-refractivity contribution < 1.29 is 9.53 Å². The molecule has 1 unspecified atom stereocenters. The van der Waals surface area contributed by atoms with Crippen LogP contribution >= 0.6 is 23.2 Å². The third-order valence-electron chi connectivity index (χ3n) is 5.79. The Bertz CT molecular complexity index is 634. The molecule has 1 aromatic rings. The topological polar surface area (TPSA) is 32.8 Å². The van der Waals surface area contributed by atoms with Gasteiger partial charge in [0.15, 0.2) is 0 Å². The van der Waals surface area contributed by atoms with Crippen LogP contribution in [-0.2, 0) is 14.9 Å². The molecule has 2 aliphatic rings. The van der Waals surface area contributed by atoms with E-state index in [4.69, 9.17) is 27.9 Å². The first-order chi connectivity index (χ1) is 12.5. The van der Waals surface area contributed by atoms with Crippen molar-refractivity contribution in [3.8, 4) is 0 Å². The number of hydrogen-bond donors (Lipinski definition) is 0. The molecule has 4 nitrogen and oxygen atoms in total. The first kappa shape index (κ1) is 19.9. The molecule has 0 saturated carbocycles. The second kappa shape index (κ2) is 8.92. The van der Waals surface area contributed by atoms with E-state index in [-0.39, 0.29) is 11.3 Å². The van der Waals surface area contributed by atoms with Gasteiger partial charge in [0.1, 0.15) is 0 Å². The van der Waals surface area contributed by atoms with Crippen molar-refractivity contribution >= 4 is 29.1 Å². The van der Waals surface area contributed by atoms with Crippen LogP contribution in [0.15, 0.2) is 18.2 Å². The van der Waals surface area contributed by atoms with E-state index in [9.17, 15) is 4.79 Å². The molecule has 26 heavy (non-hydrogen) atoms. The monoisotopic (exact) mass is 398 g/mol. The molecule has 3 rings (SSSR count). The van der Waals surface area contributed by atoms with E-state index in [0.717, 1.165) is 71.6 Å². The second-order valence-electron chi connectivity index (χ2n) is 7.51. The van der Waals surface area contributed by atoms with E-state index in [1.54, 1.807) is 6.92 Å². The van der Waals surface area contributed by atoms with E-state index in [0.29, 0.717) is 10.0 Å². The van der Waals surface area contributed by atoms with E-state index < -0.39 is 0 Å². The molecule has 2 saturated heterocycles. The molecule has 1 amide bonds. The third-order valence-corrected chi connectivity index (χ3v) is 6.53. The molecular weight excluding hydrogens is 371 g/mol. The largest absolute Gasteiger partial charge is 0.379 e. The smallest absolute Gasteiger partial charge is 0.219 e. The number of halogens is 2. The molecule has 2 fully saturated rings. The van der Waals surface area contributed by atoms with Gasteiger partial charge in [0.2, 0.25) is 5.91 Å². The molecule has 0 N–H and O–H groups in total. The van der Waals surface area contributed by atoms with Crippen LogP contribution in [0.1, 0.15) is 38.2 Å². The number of carbonyl (C=O) groups is 1. The van der Waals surface area contributed by atoms with Gasteiger partial charge in [0.05, 0.1) is 23.3 Å². The minimum atomic E-state index is -0.0373. The van der Waals surface area contributed by atoms with Crippen LogP contribution in [0.5, 0.6) is 0 Å². The van der Waals surface area contributed by atoms with E-state index in [1.165, 1.54) is 5.56 Å². The Morgan fingerprint density at radius 2 is 1.96 bits per heavy atom. The molecule has 2 heterocycles. The highest BCUT2D eigenvalue weighted by molar-refractivity contribution is 6.42. The summed E-state index contributed by atoms with van der Waals surface area (Å²) in [7, 11) is 0. The van der Waals surface area contributed by atoms with Gasteiger partial charge in [-0.25, -0.2) is 0 Å². The fourth-order valence-corrected chi connectivity index (χ4v) is 4.57. The van der Waals surface area contributed by atoms with Crippen molar-refractivity contribution in [2.75, 3.05) is 45.9 Å². The Labute approximate surface area is 166 Å². The fraction of sp³-hybridized carbons (Fsp3) is 0.650. The maximum atomic E-state index is 12.0. The predicted molar refractivity (Wildman–Crippen MR) is 106 cm³/mol. The fourth-order valence-electron chi connectivity index (χ4n) is 4.28. The number of amides is 1. The van der Waals surface area contributed by atoms with Crippen LogP contribution in [0.2, 0.25) is 10.0 Å². The Morgan fingerprint density at radius 1 is 1.19 bits per heavy atom. The van der Waals surface area contributed by atoms with Crippen molar-refractivity contribution in [2.24, 2.45) is 0 Å². The van der Waals surface area contributed by atoms with Crippen LogP contribution in [0.25, 0.3) is 0 Å². The Hall–Kier alpha value is -0.810. The zero-order valence-electron chi connectivity index (χ0n) is 15.5. The van der Waals surface area contributed by atoms with Crippen LogP contribution < -0.4 is 0 Å². The molecule has 0 aliphatic carbocycles. The SMILES string of the molecule is CC(=O)N1CCCC(CCCN2CCOCC2)(c2ccc(Cl)c(Cl)c2)C1. The highest BCUT2D eigenvalue weighted by atomic mass is 35.5. The molecule has 1 atom stereocenters. The number of likely N-dealkylation sites (tertiary alicyclic amines) is 1. The van der Waals surface area contributed by atoms with Crippen LogP contribution in [0.4, 0.5) is 0 Å². The summed E-state index contributed by atoms with van der Waals surface area (Å²) in [6, 6.07) is 5.98. The predicted octanol–water partition coefficient (Wildman–Crippen LogP) is 3.99. The zero-order chi connectivity index (χ0) is 18.6. The lowest BCUT2D eigenvalue weighted by molar-refractivity contribution is -0.131. The summed E-state index contributed by atoms with van der Waals surface area (Å²) in [5.74, 6) is 0.155. The lowest BCUT2D eigenvalue weighted by Gasteiger charge is -2.44. The van der Waals surface area contributed by atoms with Gasteiger partial charge in [-0.3, -0.25) is 9.69 Å². The number of rotatable bonds is 5. The highest BCUT2D eigenvalue weighted by Gasteiger charge is 2.38. The quantitative estimate of drug-likeness (QED) is 0.751. The summed E-state index contributed by atoms with van der Waals surface area (Å²) in [5.41, 5.74) is 1.17. The average Bonchev–Trinajstić information content (AvgIpc) is 2.65. The number of piperidine rings is 1. The first-order valence-electron chi connectivity index (χ1n) is 9.51. The summed E-state index contributed by atoms with van der Waals surface area (Å²) >= 11 is 12.5. The third kappa shape index (κ3) is 4.72. The summed E-state index contributed by atoms with van der Waals surface area (Å²) in [6.45, 7) is 8.04. The van der Waals surface area contributed by atoms with Crippen molar-refractivity contribution in [3.05, 3.63) is 33.8 Å². The van der Waals surface area contributed by atoms with E-state index >= 15 is 0 Å². The molecule has 1 aromatic carbocycles. The summed E-state index contributed by atoms with van der Waals surface area (Å²) in [6.07, 6.45) is 4.26.